The Morgan fingerprint density at radius 2 is 1.90 bits per heavy atom. The van der Waals surface area contributed by atoms with E-state index in [2.05, 4.69) is 16.3 Å². The lowest BCUT2D eigenvalue weighted by atomic mass is 9.95. The van der Waals surface area contributed by atoms with Crippen molar-refractivity contribution in [1.82, 2.24) is 19.8 Å². The number of thiazole rings is 1. The summed E-state index contributed by atoms with van der Waals surface area (Å²) in [4.78, 5) is 22.5. The molecule has 0 aliphatic heterocycles. The van der Waals surface area contributed by atoms with Crippen LogP contribution in [-0.2, 0) is 5.41 Å². The molecule has 6 nitrogen and oxygen atoms in total. The summed E-state index contributed by atoms with van der Waals surface area (Å²) >= 11 is 1.74. The molecule has 1 aliphatic rings. The predicted molar refractivity (Wildman–Crippen MR) is 111 cm³/mol. The number of imidazole rings is 1. The number of fused-ring (bicyclic) bond motifs is 1. The number of aromatic nitrogens is 3. The van der Waals surface area contributed by atoms with Gasteiger partial charge in [0.15, 0.2) is 0 Å². The minimum atomic E-state index is -0.503. The van der Waals surface area contributed by atoms with Crippen LogP contribution in [-0.4, -0.2) is 25.5 Å². The van der Waals surface area contributed by atoms with Crippen LogP contribution >= 0.6 is 11.3 Å². The first-order valence-electron chi connectivity index (χ1n) is 9.50. The standard InChI is InChI=1S/C22H20N4O2S/c1-13-19(26-12-4-3-5-17(26)23-13)18-14(2)29-21(24-18)22(10-11-22)16-8-6-15(7-9-16)20(27)25-28/h3-9,12,28H,10-11H2,1-2H3,(H,25,27). The van der Waals surface area contributed by atoms with E-state index < -0.39 is 5.91 Å². The van der Waals surface area contributed by atoms with Crippen molar-refractivity contribution in [3.05, 3.63) is 75.4 Å². The van der Waals surface area contributed by atoms with Crippen molar-refractivity contribution in [2.24, 2.45) is 0 Å². The second-order valence-electron chi connectivity index (χ2n) is 7.50. The number of aryl methyl sites for hydroxylation is 2. The van der Waals surface area contributed by atoms with Gasteiger partial charge in [-0.1, -0.05) is 18.2 Å². The minimum absolute atomic E-state index is 0.0870. The lowest BCUT2D eigenvalue weighted by Gasteiger charge is -2.13. The molecule has 1 saturated carbocycles. The number of carbonyl (C=O) groups is 1. The van der Waals surface area contributed by atoms with Crippen LogP contribution in [0.5, 0.6) is 0 Å². The van der Waals surface area contributed by atoms with Gasteiger partial charge in [-0.25, -0.2) is 15.4 Å². The summed E-state index contributed by atoms with van der Waals surface area (Å²) in [6.07, 6.45) is 4.11. The van der Waals surface area contributed by atoms with Gasteiger partial charge in [0.05, 0.1) is 11.4 Å². The van der Waals surface area contributed by atoms with Crippen LogP contribution in [0.1, 0.15) is 44.3 Å². The van der Waals surface area contributed by atoms with Gasteiger partial charge in [0.1, 0.15) is 16.3 Å². The summed E-state index contributed by atoms with van der Waals surface area (Å²) in [6, 6.07) is 13.4. The van der Waals surface area contributed by atoms with Gasteiger partial charge < -0.3 is 0 Å². The molecule has 4 aromatic rings. The number of nitrogens with one attached hydrogen (secondary N) is 1. The molecule has 2 N–H and O–H groups in total. The molecular formula is C22H20N4O2S. The zero-order chi connectivity index (χ0) is 20.2. The van der Waals surface area contributed by atoms with Crippen LogP contribution in [0.3, 0.4) is 0 Å². The monoisotopic (exact) mass is 404 g/mol. The average Bonchev–Trinajstić information content (AvgIpc) is 3.37. The number of pyridine rings is 1. The van der Waals surface area contributed by atoms with Crippen molar-refractivity contribution in [3.63, 3.8) is 0 Å². The molecule has 0 bridgehead atoms. The molecule has 1 aromatic carbocycles. The van der Waals surface area contributed by atoms with Gasteiger partial charge in [-0.3, -0.25) is 14.4 Å². The smallest absolute Gasteiger partial charge is 0.274 e. The molecule has 0 radical (unpaired) electrons. The Hall–Kier alpha value is -3.03. The van der Waals surface area contributed by atoms with Crippen LogP contribution in [0.15, 0.2) is 48.7 Å². The zero-order valence-electron chi connectivity index (χ0n) is 16.1. The molecule has 0 atom stereocenters. The third-order valence-corrected chi connectivity index (χ3v) is 6.86. The summed E-state index contributed by atoms with van der Waals surface area (Å²) in [5, 5.41) is 9.92. The Morgan fingerprint density at radius 3 is 2.59 bits per heavy atom. The fourth-order valence-electron chi connectivity index (χ4n) is 3.98. The molecule has 0 spiro atoms. The van der Waals surface area contributed by atoms with Crippen LogP contribution in [0, 0.1) is 13.8 Å². The summed E-state index contributed by atoms with van der Waals surface area (Å²) < 4.78 is 2.10. The summed E-state index contributed by atoms with van der Waals surface area (Å²) in [5.41, 5.74) is 7.11. The van der Waals surface area contributed by atoms with E-state index in [1.165, 1.54) is 4.88 Å². The van der Waals surface area contributed by atoms with E-state index in [9.17, 15) is 4.79 Å². The van der Waals surface area contributed by atoms with Gasteiger partial charge in [-0.15, -0.1) is 11.3 Å². The van der Waals surface area contributed by atoms with Crippen LogP contribution in [0.25, 0.3) is 17.0 Å². The number of hydrogen-bond acceptors (Lipinski definition) is 5. The van der Waals surface area contributed by atoms with E-state index in [1.807, 2.05) is 43.5 Å². The zero-order valence-corrected chi connectivity index (χ0v) is 17.0. The maximum absolute atomic E-state index is 11.6. The Morgan fingerprint density at radius 1 is 1.14 bits per heavy atom. The third-order valence-electron chi connectivity index (χ3n) is 5.69. The van der Waals surface area contributed by atoms with E-state index in [0.29, 0.717) is 5.56 Å². The molecular weight excluding hydrogens is 384 g/mol. The number of hydroxylamine groups is 1. The molecule has 146 valence electrons. The lowest BCUT2D eigenvalue weighted by molar-refractivity contribution is 0.0706. The highest BCUT2D eigenvalue weighted by Gasteiger charge is 2.48. The van der Waals surface area contributed by atoms with Crippen molar-refractivity contribution >= 4 is 22.9 Å². The summed E-state index contributed by atoms with van der Waals surface area (Å²) in [5.74, 6) is -0.503. The van der Waals surface area contributed by atoms with Crippen molar-refractivity contribution in [2.45, 2.75) is 32.1 Å². The van der Waals surface area contributed by atoms with E-state index in [-0.39, 0.29) is 5.41 Å². The SMILES string of the molecule is Cc1nc2ccccn2c1-c1nc(C2(c3ccc(C(=O)NO)cc3)CC2)sc1C. The largest absolute Gasteiger partial charge is 0.298 e. The average molecular weight is 404 g/mol. The Balaban J connectivity index is 1.57. The minimum Gasteiger partial charge on any atom is -0.298 e. The van der Waals surface area contributed by atoms with Gasteiger partial charge in [-0.05, 0) is 56.5 Å². The first-order valence-corrected chi connectivity index (χ1v) is 10.3. The van der Waals surface area contributed by atoms with Crippen molar-refractivity contribution < 1.29 is 10.0 Å². The molecule has 1 fully saturated rings. The fraction of sp³-hybridized carbons (Fsp3) is 0.227. The molecule has 1 aliphatic carbocycles. The highest BCUT2D eigenvalue weighted by atomic mass is 32.1. The first kappa shape index (κ1) is 18.0. The van der Waals surface area contributed by atoms with E-state index >= 15 is 0 Å². The number of nitrogens with zero attached hydrogens (tertiary/aromatic N) is 3. The lowest BCUT2D eigenvalue weighted by Crippen LogP contribution is -2.18. The quantitative estimate of drug-likeness (QED) is 0.393. The van der Waals surface area contributed by atoms with Crippen LogP contribution in [0.2, 0.25) is 0 Å². The maximum atomic E-state index is 11.6. The third kappa shape index (κ3) is 2.77. The summed E-state index contributed by atoms with van der Waals surface area (Å²) in [7, 11) is 0. The van der Waals surface area contributed by atoms with E-state index in [4.69, 9.17) is 10.2 Å². The summed E-state index contributed by atoms with van der Waals surface area (Å²) in [6.45, 7) is 4.14. The van der Waals surface area contributed by atoms with Crippen molar-refractivity contribution in [2.75, 3.05) is 0 Å². The Bertz CT molecular complexity index is 1240. The normalized spacial score (nSPS) is 14.9. The van der Waals surface area contributed by atoms with Crippen molar-refractivity contribution in [1.29, 1.82) is 0 Å². The molecule has 0 saturated heterocycles. The van der Waals surface area contributed by atoms with Gasteiger partial charge >= 0.3 is 0 Å². The number of hydrogen-bond donors (Lipinski definition) is 2. The van der Waals surface area contributed by atoms with E-state index in [1.54, 1.807) is 28.9 Å². The highest BCUT2D eigenvalue weighted by molar-refractivity contribution is 7.12. The Labute approximate surface area is 171 Å². The van der Waals surface area contributed by atoms with E-state index in [0.717, 1.165) is 46.1 Å². The first-order chi connectivity index (χ1) is 14.0. The van der Waals surface area contributed by atoms with Crippen LogP contribution < -0.4 is 5.48 Å². The molecule has 3 heterocycles. The molecule has 0 unspecified atom stereocenters. The Kier molecular flexibility index (Phi) is 4.04. The van der Waals surface area contributed by atoms with Gasteiger partial charge in [0, 0.05) is 22.1 Å². The highest BCUT2D eigenvalue weighted by Crippen LogP contribution is 2.55. The van der Waals surface area contributed by atoms with Crippen molar-refractivity contribution in [3.8, 4) is 11.4 Å². The number of rotatable bonds is 4. The molecule has 29 heavy (non-hydrogen) atoms. The molecule has 3 aromatic heterocycles. The number of benzene rings is 1. The van der Waals surface area contributed by atoms with Crippen LogP contribution in [0.4, 0.5) is 0 Å². The molecule has 1 amide bonds. The van der Waals surface area contributed by atoms with Gasteiger partial charge in [-0.2, -0.15) is 0 Å². The maximum Gasteiger partial charge on any atom is 0.274 e. The number of carbonyl (C=O) groups excluding carboxylic acids is 1. The topological polar surface area (TPSA) is 79.5 Å². The number of amides is 1. The van der Waals surface area contributed by atoms with Gasteiger partial charge in [0.25, 0.3) is 5.91 Å². The van der Waals surface area contributed by atoms with Gasteiger partial charge in [0.2, 0.25) is 0 Å². The second kappa shape index (κ2) is 6.50. The molecule has 7 heteroatoms. The molecule has 5 rings (SSSR count). The fourth-order valence-corrected chi connectivity index (χ4v) is 5.16. The predicted octanol–water partition coefficient (Wildman–Crippen LogP) is 4.27. The second-order valence-corrected chi connectivity index (χ2v) is 8.70.